The number of anilines is 1. The highest BCUT2D eigenvalue weighted by Crippen LogP contribution is 2.32. The molecule has 0 saturated heterocycles. The van der Waals surface area contributed by atoms with Gasteiger partial charge in [0.1, 0.15) is 0 Å². The molecule has 8 heteroatoms. The van der Waals surface area contributed by atoms with E-state index < -0.39 is 24.6 Å². The number of halogens is 2. The minimum absolute atomic E-state index is 0.151. The smallest absolute Gasteiger partial charge is 0.283 e. The summed E-state index contributed by atoms with van der Waals surface area (Å²) < 4.78 is 30.0. The number of hydrogen-bond acceptors (Lipinski definition) is 5. The molecule has 5 rings (SSSR count). The molecule has 0 amide bonds. The Hall–Kier alpha value is -3.16. The van der Waals surface area contributed by atoms with Crippen molar-refractivity contribution in [2.75, 3.05) is 18.0 Å². The third kappa shape index (κ3) is 3.46. The second kappa shape index (κ2) is 6.97. The van der Waals surface area contributed by atoms with Crippen LogP contribution in [0.3, 0.4) is 0 Å². The van der Waals surface area contributed by atoms with E-state index in [2.05, 4.69) is 21.0 Å². The van der Waals surface area contributed by atoms with Gasteiger partial charge in [0, 0.05) is 42.0 Å². The van der Waals surface area contributed by atoms with Gasteiger partial charge < -0.3 is 4.90 Å². The van der Waals surface area contributed by atoms with Crippen molar-refractivity contribution in [1.29, 1.82) is 0 Å². The molecule has 3 aromatic heterocycles. The molecule has 0 saturated carbocycles. The van der Waals surface area contributed by atoms with Crippen LogP contribution in [0.5, 0.6) is 0 Å². The molecule has 0 radical (unpaired) electrons. The van der Waals surface area contributed by atoms with Crippen LogP contribution >= 0.6 is 0 Å². The van der Waals surface area contributed by atoms with E-state index in [9.17, 15) is 13.6 Å². The largest absolute Gasteiger partial charge is 0.336 e. The minimum atomic E-state index is -2.99. The van der Waals surface area contributed by atoms with Gasteiger partial charge in [0.25, 0.3) is 11.5 Å². The predicted octanol–water partition coefficient (Wildman–Crippen LogP) is 2.88. The molecule has 4 heterocycles. The number of pyridine rings is 2. The van der Waals surface area contributed by atoms with Crippen LogP contribution in [0.25, 0.3) is 11.3 Å². The van der Waals surface area contributed by atoms with Crippen LogP contribution < -0.4 is 10.5 Å². The number of aromatic nitrogens is 4. The highest BCUT2D eigenvalue weighted by molar-refractivity contribution is 5.59. The van der Waals surface area contributed by atoms with Crippen molar-refractivity contribution in [2.24, 2.45) is 5.92 Å². The average Bonchev–Trinajstić information content (AvgIpc) is 3.10. The first kappa shape index (κ1) is 18.8. The van der Waals surface area contributed by atoms with Crippen molar-refractivity contribution in [1.82, 2.24) is 19.5 Å². The summed E-state index contributed by atoms with van der Waals surface area (Å²) in [6.45, 7) is 1.26. The topological polar surface area (TPSA) is 63.9 Å². The summed E-state index contributed by atoms with van der Waals surface area (Å²) in [6, 6.07) is 8.87. The number of hydrogen-bond donors (Lipinski definition) is 0. The standard InChI is InChI=1S/C22H21F2N5O/c1-14-2-3-17-8-15(9-18(17)26-14)11-28-12-22(23,24)13-29-20(30)10-19(27-21(28)29)16-4-6-25-7-5-16/h2-7,10,15H,8-9,11-13H2,1H3. The summed E-state index contributed by atoms with van der Waals surface area (Å²) in [5.41, 5.74) is 3.90. The zero-order chi connectivity index (χ0) is 20.9. The second-order valence-corrected chi connectivity index (χ2v) is 8.17. The van der Waals surface area contributed by atoms with E-state index in [1.807, 2.05) is 13.0 Å². The Bertz CT molecular complexity index is 1160. The minimum Gasteiger partial charge on any atom is -0.336 e. The zero-order valence-corrected chi connectivity index (χ0v) is 16.6. The maximum Gasteiger partial charge on any atom is 0.283 e. The van der Waals surface area contributed by atoms with Gasteiger partial charge in [-0.15, -0.1) is 0 Å². The molecule has 0 bridgehead atoms. The van der Waals surface area contributed by atoms with Crippen molar-refractivity contribution in [3.05, 3.63) is 70.0 Å². The van der Waals surface area contributed by atoms with Crippen LogP contribution in [0.15, 0.2) is 47.5 Å². The Kier molecular flexibility index (Phi) is 4.38. The van der Waals surface area contributed by atoms with Crippen molar-refractivity contribution >= 4 is 5.95 Å². The van der Waals surface area contributed by atoms with Crippen molar-refractivity contribution in [2.45, 2.75) is 32.2 Å². The molecule has 1 atom stereocenters. The van der Waals surface area contributed by atoms with Crippen LogP contribution in [0.4, 0.5) is 14.7 Å². The number of alkyl halides is 2. The third-order valence-corrected chi connectivity index (χ3v) is 5.74. The SMILES string of the molecule is Cc1ccc2c(n1)CC(CN1CC(F)(F)Cn3c1nc(-c1ccncc1)cc3=O)C2. The summed E-state index contributed by atoms with van der Waals surface area (Å²) in [5.74, 6) is -2.53. The van der Waals surface area contributed by atoms with Gasteiger partial charge in [0.05, 0.1) is 18.8 Å². The summed E-state index contributed by atoms with van der Waals surface area (Å²) in [7, 11) is 0. The number of aryl methyl sites for hydroxylation is 1. The molecule has 6 nitrogen and oxygen atoms in total. The van der Waals surface area contributed by atoms with Gasteiger partial charge in [-0.3, -0.25) is 19.3 Å². The van der Waals surface area contributed by atoms with Gasteiger partial charge in [0.2, 0.25) is 5.95 Å². The lowest BCUT2D eigenvalue weighted by Gasteiger charge is -2.36. The fourth-order valence-electron chi connectivity index (χ4n) is 4.43. The van der Waals surface area contributed by atoms with Gasteiger partial charge in [-0.2, -0.15) is 0 Å². The van der Waals surface area contributed by atoms with Gasteiger partial charge in [-0.05, 0) is 49.4 Å². The molecule has 1 aliphatic heterocycles. The molecular weight excluding hydrogens is 388 g/mol. The third-order valence-electron chi connectivity index (χ3n) is 5.74. The first-order valence-electron chi connectivity index (χ1n) is 9.98. The van der Waals surface area contributed by atoms with E-state index in [4.69, 9.17) is 0 Å². The molecule has 0 spiro atoms. The molecule has 3 aromatic rings. The molecule has 154 valence electrons. The highest BCUT2D eigenvalue weighted by atomic mass is 19.3. The molecule has 0 fully saturated rings. The van der Waals surface area contributed by atoms with E-state index in [0.29, 0.717) is 18.2 Å². The van der Waals surface area contributed by atoms with Crippen molar-refractivity contribution in [3.8, 4) is 11.3 Å². The highest BCUT2D eigenvalue weighted by Gasteiger charge is 2.41. The number of rotatable bonds is 3. The molecule has 1 aliphatic carbocycles. The molecule has 1 unspecified atom stereocenters. The van der Waals surface area contributed by atoms with Crippen LogP contribution in [0.2, 0.25) is 0 Å². The Morgan fingerprint density at radius 2 is 1.90 bits per heavy atom. The lowest BCUT2D eigenvalue weighted by molar-refractivity contribution is -0.0182. The van der Waals surface area contributed by atoms with Crippen molar-refractivity contribution in [3.63, 3.8) is 0 Å². The van der Waals surface area contributed by atoms with E-state index in [1.54, 1.807) is 29.4 Å². The number of nitrogens with zero attached hydrogens (tertiary/aromatic N) is 5. The summed E-state index contributed by atoms with van der Waals surface area (Å²) >= 11 is 0. The molecular formula is C22H21F2N5O. The first-order chi connectivity index (χ1) is 14.4. The lowest BCUT2D eigenvalue weighted by Crippen LogP contribution is -2.51. The fourth-order valence-corrected chi connectivity index (χ4v) is 4.43. The van der Waals surface area contributed by atoms with Crippen LogP contribution in [0, 0.1) is 12.8 Å². The van der Waals surface area contributed by atoms with E-state index in [-0.39, 0.29) is 5.92 Å². The maximum absolute atomic E-state index is 14.5. The monoisotopic (exact) mass is 409 g/mol. The predicted molar refractivity (Wildman–Crippen MR) is 109 cm³/mol. The summed E-state index contributed by atoms with van der Waals surface area (Å²) in [4.78, 5) is 27.4. The van der Waals surface area contributed by atoms with Crippen LogP contribution in [-0.2, 0) is 19.4 Å². The van der Waals surface area contributed by atoms with E-state index in [0.717, 1.165) is 34.4 Å². The van der Waals surface area contributed by atoms with Gasteiger partial charge in [0.15, 0.2) is 0 Å². The maximum atomic E-state index is 14.5. The fraction of sp³-hybridized carbons (Fsp3) is 0.364. The zero-order valence-electron chi connectivity index (χ0n) is 16.6. The lowest BCUT2D eigenvalue weighted by atomic mass is 10.1. The van der Waals surface area contributed by atoms with Crippen molar-refractivity contribution < 1.29 is 8.78 Å². The Morgan fingerprint density at radius 1 is 1.10 bits per heavy atom. The Labute approximate surface area is 172 Å². The van der Waals surface area contributed by atoms with Gasteiger partial charge >= 0.3 is 0 Å². The van der Waals surface area contributed by atoms with Crippen LogP contribution in [0.1, 0.15) is 17.0 Å². The number of fused-ring (bicyclic) bond motifs is 2. The molecule has 0 aromatic carbocycles. The Balaban J connectivity index is 1.49. The normalized spacial score (nSPS) is 19.4. The van der Waals surface area contributed by atoms with Gasteiger partial charge in [-0.1, -0.05) is 6.07 Å². The first-order valence-corrected chi connectivity index (χ1v) is 9.98. The molecule has 0 N–H and O–H groups in total. The quantitative estimate of drug-likeness (QED) is 0.666. The molecule has 30 heavy (non-hydrogen) atoms. The average molecular weight is 409 g/mol. The summed E-state index contributed by atoms with van der Waals surface area (Å²) in [5, 5.41) is 0. The second-order valence-electron chi connectivity index (χ2n) is 8.17. The van der Waals surface area contributed by atoms with Gasteiger partial charge in [-0.25, -0.2) is 13.8 Å². The molecule has 2 aliphatic rings. The summed E-state index contributed by atoms with van der Waals surface area (Å²) in [6.07, 6.45) is 4.77. The van der Waals surface area contributed by atoms with Crippen LogP contribution in [-0.4, -0.2) is 38.5 Å². The van der Waals surface area contributed by atoms with E-state index in [1.165, 1.54) is 11.6 Å². The van der Waals surface area contributed by atoms with E-state index >= 15 is 0 Å². The Morgan fingerprint density at radius 3 is 2.70 bits per heavy atom.